The van der Waals surface area contributed by atoms with Crippen LogP contribution < -0.4 is 9.64 Å². The highest BCUT2D eigenvalue weighted by atomic mass is 79.9. The number of para-hydroxylation sites is 1. The lowest BCUT2D eigenvalue weighted by molar-refractivity contribution is -0.113. The van der Waals surface area contributed by atoms with Gasteiger partial charge in [-0.3, -0.25) is 9.59 Å². The standard InChI is InChI=1S/C27H19BrCl2N2O3S/c28-18-9-10-23-21(14-18)17(16-31(23)11-4-12-35-24-8-2-1-7-22(24)30)13-25-26(33)32(27(34)36-25)20-6-3-5-19(29)15-20/h1-3,5-10,13-16H,4,11-12H2/b25-13-. The molecule has 1 fully saturated rings. The highest BCUT2D eigenvalue weighted by molar-refractivity contribution is 9.10. The summed E-state index contributed by atoms with van der Waals surface area (Å²) in [4.78, 5) is 27.3. The number of hydrogen-bond acceptors (Lipinski definition) is 4. The number of imide groups is 1. The Morgan fingerprint density at radius 1 is 1.00 bits per heavy atom. The molecule has 0 unspecified atom stereocenters. The monoisotopic (exact) mass is 600 g/mol. The number of benzene rings is 3. The van der Waals surface area contributed by atoms with Gasteiger partial charge in [0.25, 0.3) is 11.1 Å². The van der Waals surface area contributed by atoms with Gasteiger partial charge in [0.2, 0.25) is 0 Å². The van der Waals surface area contributed by atoms with Crippen LogP contribution in [0.5, 0.6) is 5.75 Å². The van der Waals surface area contributed by atoms with Gasteiger partial charge in [0.05, 0.1) is 22.2 Å². The fourth-order valence-electron chi connectivity index (χ4n) is 4.02. The van der Waals surface area contributed by atoms with Crippen molar-refractivity contribution in [2.24, 2.45) is 0 Å². The minimum absolute atomic E-state index is 0.352. The quantitative estimate of drug-likeness (QED) is 0.158. The van der Waals surface area contributed by atoms with Crippen LogP contribution in [0.25, 0.3) is 17.0 Å². The normalized spacial score (nSPS) is 14.9. The Hall–Kier alpha value is -2.71. The molecular weight excluding hydrogens is 583 g/mol. The number of amides is 2. The highest BCUT2D eigenvalue weighted by Crippen LogP contribution is 2.38. The van der Waals surface area contributed by atoms with E-state index in [9.17, 15) is 9.59 Å². The molecular formula is C27H19BrCl2N2O3S. The summed E-state index contributed by atoms with van der Waals surface area (Å²) in [5, 5.41) is 1.67. The van der Waals surface area contributed by atoms with Crippen LogP contribution in [0, 0.1) is 0 Å². The summed E-state index contributed by atoms with van der Waals surface area (Å²) in [6.07, 6.45) is 4.54. The molecule has 4 aromatic rings. The number of carbonyl (C=O) groups is 2. The van der Waals surface area contributed by atoms with E-state index in [1.54, 1.807) is 36.4 Å². The summed E-state index contributed by atoms with van der Waals surface area (Å²) in [5.41, 5.74) is 2.34. The molecule has 0 atom stereocenters. The Bertz CT molecular complexity index is 1520. The smallest absolute Gasteiger partial charge is 0.298 e. The number of fused-ring (bicyclic) bond motifs is 1. The first-order chi connectivity index (χ1) is 17.4. The van der Waals surface area contributed by atoms with Gasteiger partial charge in [-0.05, 0) is 72.8 Å². The molecule has 0 aliphatic carbocycles. The third kappa shape index (κ3) is 5.20. The zero-order valence-corrected chi connectivity index (χ0v) is 22.7. The van der Waals surface area contributed by atoms with Gasteiger partial charge in [-0.1, -0.05) is 57.3 Å². The van der Waals surface area contributed by atoms with Gasteiger partial charge in [0.1, 0.15) is 5.75 Å². The first-order valence-corrected chi connectivity index (χ1v) is 13.5. The van der Waals surface area contributed by atoms with Crippen molar-refractivity contribution in [2.45, 2.75) is 13.0 Å². The Morgan fingerprint density at radius 2 is 1.83 bits per heavy atom. The van der Waals surface area contributed by atoms with Crippen molar-refractivity contribution in [3.63, 3.8) is 0 Å². The lowest BCUT2D eigenvalue weighted by atomic mass is 10.1. The van der Waals surface area contributed by atoms with Crippen LogP contribution in [0.15, 0.2) is 82.3 Å². The first kappa shape index (κ1) is 25.0. The van der Waals surface area contributed by atoms with Crippen molar-refractivity contribution < 1.29 is 14.3 Å². The Kier molecular flexibility index (Phi) is 7.44. The number of nitrogens with zero attached hydrogens (tertiary/aromatic N) is 2. The summed E-state index contributed by atoms with van der Waals surface area (Å²) in [6, 6.07) is 20.1. The van der Waals surface area contributed by atoms with Crippen molar-refractivity contribution in [3.8, 4) is 5.75 Å². The summed E-state index contributed by atoms with van der Waals surface area (Å²) in [7, 11) is 0. The summed E-state index contributed by atoms with van der Waals surface area (Å²) in [5.74, 6) is 0.299. The van der Waals surface area contributed by atoms with E-state index in [0.29, 0.717) is 39.5 Å². The average Bonchev–Trinajstić information content (AvgIpc) is 3.33. The molecule has 0 bridgehead atoms. The zero-order chi connectivity index (χ0) is 25.2. The second-order valence-electron chi connectivity index (χ2n) is 8.07. The molecule has 0 saturated carbocycles. The van der Waals surface area contributed by atoms with Crippen LogP contribution >= 0.6 is 50.9 Å². The summed E-state index contributed by atoms with van der Waals surface area (Å²) in [6.45, 7) is 1.22. The van der Waals surface area contributed by atoms with Gasteiger partial charge in [0, 0.05) is 38.7 Å². The van der Waals surface area contributed by atoms with Gasteiger partial charge >= 0.3 is 0 Å². The van der Waals surface area contributed by atoms with Crippen molar-refractivity contribution >= 4 is 84.7 Å². The number of anilines is 1. The van der Waals surface area contributed by atoms with Crippen molar-refractivity contribution in [3.05, 3.63) is 97.9 Å². The Balaban J connectivity index is 1.39. The van der Waals surface area contributed by atoms with Crippen LogP contribution in [0.2, 0.25) is 10.0 Å². The third-order valence-corrected chi connectivity index (χ3v) is 7.57. The van der Waals surface area contributed by atoms with Crippen LogP contribution in [-0.2, 0) is 11.3 Å². The molecule has 9 heteroatoms. The third-order valence-electron chi connectivity index (χ3n) is 5.66. The molecule has 0 N–H and O–H groups in total. The number of thioether (sulfide) groups is 1. The van der Waals surface area contributed by atoms with Gasteiger partial charge in [0.15, 0.2) is 0 Å². The zero-order valence-electron chi connectivity index (χ0n) is 18.8. The summed E-state index contributed by atoms with van der Waals surface area (Å²) >= 11 is 16.7. The Morgan fingerprint density at radius 3 is 2.64 bits per heavy atom. The molecule has 2 heterocycles. The molecule has 5 nitrogen and oxygen atoms in total. The number of halogens is 3. The predicted octanol–water partition coefficient (Wildman–Crippen LogP) is 8.42. The Labute approximate surface area is 230 Å². The molecule has 3 aromatic carbocycles. The van der Waals surface area contributed by atoms with Crippen LogP contribution in [0.3, 0.4) is 0 Å². The van der Waals surface area contributed by atoms with E-state index in [1.165, 1.54) is 0 Å². The maximum absolute atomic E-state index is 13.1. The number of hydrogen-bond donors (Lipinski definition) is 0. The molecule has 1 aliphatic rings. The second kappa shape index (κ2) is 10.7. The molecule has 5 rings (SSSR count). The maximum Gasteiger partial charge on any atom is 0.298 e. The van der Waals surface area contributed by atoms with E-state index >= 15 is 0 Å². The molecule has 1 aliphatic heterocycles. The van der Waals surface area contributed by atoms with E-state index in [-0.39, 0.29) is 11.1 Å². The predicted molar refractivity (Wildman–Crippen MR) is 151 cm³/mol. The molecule has 36 heavy (non-hydrogen) atoms. The van der Waals surface area contributed by atoms with Crippen molar-refractivity contribution in [2.75, 3.05) is 11.5 Å². The van der Waals surface area contributed by atoms with Crippen LogP contribution in [-0.4, -0.2) is 22.3 Å². The fourth-order valence-corrected chi connectivity index (χ4v) is 5.59. The van der Waals surface area contributed by atoms with Gasteiger partial charge < -0.3 is 9.30 Å². The molecule has 2 amide bonds. The maximum atomic E-state index is 13.1. The lowest BCUT2D eigenvalue weighted by Gasteiger charge is -2.12. The summed E-state index contributed by atoms with van der Waals surface area (Å²) < 4.78 is 8.88. The van der Waals surface area contributed by atoms with Crippen LogP contribution in [0.1, 0.15) is 12.0 Å². The number of carbonyl (C=O) groups excluding carboxylic acids is 2. The van der Waals surface area contributed by atoms with E-state index in [4.69, 9.17) is 27.9 Å². The average molecular weight is 602 g/mol. The number of aryl methyl sites for hydroxylation is 1. The minimum Gasteiger partial charge on any atom is -0.492 e. The van der Waals surface area contributed by atoms with Gasteiger partial charge in [-0.25, -0.2) is 4.90 Å². The molecule has 1 aromatic heterocycles. The van der Waals surface area contributed by atoms with E-state index in [2.05, 4.69) is 20.5 Å². The fraction of sp³-hybridized carbons (Fsp3) is 0.111. The molecule has 182 valence electrons. The SMILES string of the molecule is O=C1S/C(=C\c2cn(CCCOc3ccccc3Cl)c3ccc(Br)cc23)C(=O)N1c1cccc(Cl)c1. The van der Waals surface area contributed by atoms with Gasteiger partial charge in [-0.15, -0.1) is 0 Å². The van der Waals surface area contributed by atoms with E-state index in [1.807, 2.05) is 42.6 Å². The molecule has 1 saturated heterocycles. The van der Waals surface area contributed by atoms with E-state index in [0.717, 1.165) is 44.0 Å². The van der Waals surface area contributed by atoms with E-state index < -0.39 is 0 Å². The number of aromatic nitrogens is 1. The first-order valence-electron chi connectivity index (χ1n) is 11.1. The lowest BCUT2D eigenvalue weighted by Crippen LogP contribution is -2.27. The largest absolute Gasteiger partial charge is 0.492 e. The molecule has 0 spiro atoms. The topological polar surface area (TPSA) is 51.5 Å². The minimum atomic E-state index is -0.365. The van der Waals surface area contributed by atoms with Crippen LogP contribution in [0.4, 0.5) is 10.5 Å². The number of ether oxygens (including phenoxy) is 1. The second-order valence-corrected chi connectivity index (χ2v) is 10.8. The van der Waals surface area contributed by atoms with Gasteiger partial charge in [-0.2, -0.15) is 0 Å². The highest BCUT2D eigenvalue weighted by Gasteiger charge is 2.36. The number of rotatable bonds is 7. The molecule has 0 radical (unpaired) electrons. The van der Waals surface area contributed by atoms with Crippen molar-refractivity contribution in [1.29, 1.82) is 0 Å². The van der Waals surface area contributed by atoms with Crippen molar-refractivity contribution in [1.82, 2.24) is 4.57 Å².